The van der Waals surface area contributed by atoms with E-state index in [-0.39, 0.29) is 17.9 Å². The van der Waals surface area contributed by atoms with E-state index in [1.807, 2.05) is 18.2 Å². The Bertz CT molecular complexity index is 1020. The van der Waals surface area contributed by atoms with Gasteiger partial charge in [0.2, 0.25) is 0 Å². The number of phenolic OH excluding ortho intramolecular Hbond substituents is 1. The molecule has 2 aromatic rings. The minimum atomic E-state index is -0.103. The van der Waals surface area contributed by atoms with Crippen LogP contribution in [0.25, 0.3) is 0 Å². The van der Waals surface area contributed by atoms with Crippen molar-refractivity contribution < 1.29 is 14.6 Å². The van der Waals surface area contributed by atoms with Crippen LogP contribution in [0.4, 0.5) is 0 Å². The predicted molar refractivity (Wildman–Crippen MR) is 146 cm³/mol. The van der Waals surface area contributed by atoms with Crippen LogP contribution < -0.4 is 4.74 Å². The van der Waals surface area contributed by atoms with Crippen molar-refractivity contribution >= 4 is 28.4 Å². The van der Waals surface area contributed by atoms with Gasteiger partial charge in [-0.1, -0.05) is 48.1 Å². The summed E-state index contributed by atoms with van der Waals surface area (Å²) in [6.07, 6.45) is 8.18. The van der Waals surface area contributed by atoms with Crippen molar-refractivity contribution in [2.75, 3.05) is 13.1 Å². The van der Waals surface area contributed by atoms with Gasteiger partial charge in [-0.2, -0.15) is 0 Å². The van der Waals surface area contributed by atoms with Gasteiger partial charge in [-0.05, 0) is 99.9 Å². The Morgan fingerprint density at radius 2 is 2.12 bits per heavy atom. The molecule has 0 bridgehead atoms. The lowest BCUT2D eigenvalue weighted by molar-refractivity contribution is -0.117. The number of nitrogens with zero attached hydrogens (tertiary/aromatic N) is 1. The van der Waals surface area contributed by atoms with E-state index in [0.29, 0.717) is 15.6 Å². The number of ether oxygens (including phenoxy) is 1. The van der Waals surface area contributed by atoms with Gasteiger partial charge >= 0.3 is 0 Å². The molecule has 0 amide bonds. The summed E-state index contributed by atoms with van der Waals surface area (Å²) in [6, 6.07) is 12.4. The molecule has 1 heterocycles. The van der Waals surface area contributed by atoms with Crippen LogP contribution in [-0.4, -0.2) is 38.3 Å². The zero-order chi connectivity index (χ0) is 24.3. The fourth-order valence-electron chi connectivity index (χ4n) is 5.86. The molecule has 0 saturated carbocycles. The number of rotatable bonds is 9. The van der Waals surface area contributed by atoms with Crippen LogP contribution in [0.2, 0.25) is 0 Å². The molecular formula is C29H38INO3. The molecule has 5 heteroatoms. The van der Waals surface area contributed by atoms with Gasteiger partial charge in [-0.15, -0.1) is 0 Å². The predicted octanol–water partition coefficient (Wildman–Crippen LogP) is 6.73. The fourth-order valence-corrected chi connectivity index (χ4v) is 7.22. The number of halogens is 1. The number of carbonyl (C=O) groups is 1. The summed E-state index contributed by atoms with van der Waals surface area (Å²) >= 11 is 2.71. The molecular weight excluding hydrogens is 537 g/mol. The van der Waals surface area contributed by atoms with E-state index in [1.165, 1.54) is 36.8 Å². The highest BCUT2D eigenvalue weighted by molar-refractivity contribution is 14.1. The number of benzene rings is 2. The van der Waals surface area contributed by atoms with E-state index in [2.05, 4.69) is 59.5 Å². The van der Waals surface area contributed by atoms with Crippen LogP contribution in [-0.2, 0) is 17.6 Å². The second kappa shape index (κ2) is 11.0. The minimum absolute atomic E-state index is 0.103. The van der Waals surface area contributed by atoms with Crippen LogP contribution in [0.1, 0.15) is 80.7 Å². The second-order valence-electron chi connectivity index (χ2n) is 10.3. The Labute approximate surface area is 218 Å². The molecule has 1 saturated heterocycles. The van der Waals surface area contributed by atoms with Crippen molar-refractivity contribution in [1.82, 2.24) is 4.90 Å². The standard InChI is InChI=1S/C29H38INO3/c1-4-12-29(30)13-7-14-31(19-29)27-18-25-20(2)15-23(33)17-26(25)28(27)34-24-11-6-10-22(16-24)9-5-8-21(3)32/h6,10-11,15-17,27-28,33H,4-5,7-9,12-14,18-19H2,1-3H3/t27-,28-,29?/m0/s1. The van der Waals surface area contributed by atoms with Gasteiger partial charge < -0.3 is 14.6 Å². The topological polar surface area (TPSA) is 49.8 Å². The van der Waals surface area contributed by atoms with E-state index in [9.17, 15) is 9.90 Å². The summed E-state index contributed by atoms with van der Waals surface area (Å²) in [5, 5.41) is 10.4. The summed E-state index contributed by atoms with van der Waals surface area (Å²) in [7, 11) is 0. The highest BCUT2D eigenvalue weighted by atomic mass is 127. The maximum absolute atomic E-state index is 11.3. The SMILES string of the molecule is CCCC1(I)CCCN([C@H]2Cc3c(C)cc(O)cc3[C@@H]2Oc2cccc(CCCC(C)=O)c2)C1. The number of Topliss-reactive ketones (excluding diaryl/α,β-unsaturated/α-hetero) is 1. The smallest absolute Gasteiger partial charge is 0.140 e. The van der Waals surface area contributed by atoms with E-state index in [1.54, 1.807) is 6.92 Å². The second-order valence-corrected chi connectivity index (χ2v) is 12.6. The average Bonchev–Trinajstić information content (AvgIpc) is 3.12. The molecule has 2 aromatic carbocycles. The summed E-state index contributed by atoms with van der Waals surface area (Å²) < 4.78 is 7.08. The quantitative estimate of drug-likeness (QED) is 0.266. The molecule has 1 unspecified atom stereocenters. The van der Waals surface area contributed by atoms with Gasteiger partial charge in [0.15, 0.2) is 0 Å². The van der Waals surface area contributed by atoms with Gasteiger partial charge in [-0.3, -0.25) is 4.90 Å². The van der Waals surface area contributed by atoms with E-state index in [0.717, 1.165) is 49.2 Å². The molecule has 0 aromatic heterocycles. The molecule has 0 spiro atoms. The highest BCUT2D eigenvalue weighted by Crippen LogP contribution is 2.44. The number of hydrogen-bond donors (Lipinski definition) is 1. The van der Waals surface area contributed by atoms with Crippen LogP contribution in [0.5, 0.6) is 11.5 Å². The molecule has 1 aliphatic carbocycles. The summed E-state index contributed by atoms with van der Waals surface area (Å²) in [5.74, 6) is 1.43. The number of aryl methyl sites for hydroxylation is 2. The summed E-state index contributed by atoms with van der Waals surface area (Å²) in [4.78, 5) is 14.0. The lowest BCUT2D eigenvalue weighted by Crippen LogP contribution is -2.50. The molecule has 0 radical (unpaired) electrons. The Hall–Kier alpha value is -1.60. The molecule has 4 rings (SSSR count). The molecule has 184 valence electrons. The number of phenols is 1. The third-order valence-electron chi connectivity index (χ3n) is 7.44. The molecule has 34 heavy (non-hydrogen) atoms. The first-order valence-electron chi connectivity index (χ1n) is 12.8. The number of aromatic hydroxyl groups is 1. The van der Waals surface area contributed by atoms with E-state index >= 15 is 0 Å². The number of alkyl halides is 1. The molecule has 1 fully saturated rings. The zero-order valence-electron chi connectivity index (χ0n) is 20.8. The first-order valence-corrected chi connectivity index (χ1v) is 13.9. The van der Waals surface area contributed by atoms with Crippen molar-refractivity contribution in [1.29, 1.82) is 0 Å². The molecule has 1 N–H and O–H groups in total. The number of piperidine rings is 1. The Balaban J connectivity index is 1.59. The first kappa shape index (κ1) is 25.5. The van der Waals surface area contributed by atoms with Crippen molar-refractivity contribution in [3.63, 3.8) is 0 Å². The third-order valence-corrected chi connectivity index (χ3v) is 8.86. The summed E-state index contributed by atoms with van der Waals surface area (Å²) in [6.45, 7) is 8.23. The van der Waals surface area contributed by atoms with Crippen molar-refractivity contribution in [2.24, 2.45) is 0 Å². The van der Waals surface area contributed by atoms with Gasteiger partial charge in [-0.25, -0.2) is 0 Å². The monoisotopic (exact) mass is 575 g/mol. The molecule has 3 atom stereocenters. The maximum atomic E-state index is 11.3. The number of carbonyl (C=O) groups excluding carboxylic acids is 1. The van der Waals surface area contributed by atoms with Crippen LogP contribution in [0, 0.1) is 6.92 Å². The minimum Gasteiger partial charge on any atom is -0.508 e. The molecule has 2 aliphatic rings. The molecule has 1 aliphatic heterocycles. The summed E-state index contributed by atoms with van der Waals surface area (Å²) in [5.41, 5.74) is 4.80. The van der Waals surface area contributed by atoms with Crippen molar-refractivity contribution in [3.8, 4) is 11.5 Å². The number of likely N-dealkylation sites (tertiary alicyclic amines) is 1. The van der Waals surface area contributed by atoms with E-state index in [4.69, 9.17) is 4.74 Å². The van der Waals surface area contributed by atoms with Crippen LogP contribution >= 0.6 is 22.6 Å². The van der Waals surface area contributed by atoms with E-state index < -0.39 is 0 Å². The lowest BCUT2D eigenvalue weighted by atomic mass is 9.92. The largest absolute Gasteiger partial charge is 0.508 e. The lowest BCUT2D eigenvalue weighted by Gasteiger charge is -2.43. The van der Waals surface area contributed by atoms with Crippen LogP contribution in [0.3, 0.4) is 0 Å². The Morgan fingerprint density at radius 1 is 1.29 bits per heavy atom. The maximum Gasteiger partial charge on any atom is 0.140 e. The number of ketones is 1. The fraction of sp³-hybridized carbons (Fsp3) is 0.552. The highest BCUT2D eigenvalue weighted by Gasteiger charge is 2.43. The first-order chi connectivity index (χ1) is 16.3. The van der Waals surface area contributed by atoms with Crippen molar-refractivity contribution in [2.45, 2.75) is 87.7 Å². The van der Waals surface area contributed by atoms with Gasteiger partial charge in [0, 0.05) is 22.0 Å². The van der Waals surface area contributed by atoms with Crippen molar-refractivity contribution in [3.05, 3.63) is 58.7 Å². The Morgan fingerprint density at radius 3 is 2.88 bits per heavy atom. The Kier molecular flexibility index (Phi) is 8.24. The van der Waals surface area contributed by atoms with Crippen LogP contribution in [0.15, 0.2) is 36.4 Å². The van der Waals surface area contributed by atoms with Gasteiger partial charge in [0.05, 0.1) is 6.04 Å². The zero-order valence-corrected chi connectivity index (χ0v) is 22.9. The molecule has 4 nitrogen and oxygen atoms in total. The van der Waals surface area contributed by atoms with Gasteiger partial charge in [0.1, 0.15) is 23.4 Å². The average molecular weight is 576 g/mol. The third kappa shape index (κ3) is 5.96. The van der Waals surface area contributed by atoms with Gasteiger partial charge in [0.25, 0.3) is 0 Å². The number of fused-ring (bicyclic) bond motifs is 1. The number of hydrogen-bond acceptors (Lipinski definition) is 4. The normalized spacial score (nSPS) is 24.7.